The number of benzene rings is 2. The molecule has 2 aromatic carbocycles. The fourth-order valence-corrected chi connectivity index (χ4v) is 3.00. The van der Waals surface area contributed by atoms with Crippen molar-refractivity contribution in [2.24, 2.45) is 5.73 Å². The van der Waals surface area contributed by atoms with Crippen LogP contribution in [0.1, 0.15) is 29.7 Å². The molecule has 5 heteroatoms. The largest absolute Gasteiger partial charge is 0.494 e. The number of H-pyrrole nitrogens is 1. The summed E-state index contributed by atoms with van der Waals surface area (Å²) in [7, 11) is 0. The van der Waals surface area contributed by atoms with Gasteiger partial charge >= 0.3 is 0 Å². The normalized spacial score (nSPS) is 12.2. The number of aromatic nitrogens is 2. The minimum absolute atomic E-state index is 0.0115. The highest BCUT2D eigenvalue weighted by Gasteiger charge is 2.18. The van der Waals surface area contributed by atoms with Gasteiger partial charge in [0.05, 0.1) is 12.3 Å². The van der Waals surface area contributed by atoms with Gasteiger partial charge in [-0.3, -0.25) is 5.10 Å². The van der Waals surface area contributed by atoms with E-state index in [0.717, 1.165) is 33.8 Å². The lowest BCUT2D eigenvalue weighted by Crippen LogP contribution is -2.15. The first-order chi connectivity index (χ1) is 12.1. The number of ether oxygens (including phenoxy) is 1. The third-order valence-electron chi connectivity index (χ3n) is 4.28. The van der Waals surface area contributed by atoms with Crippen molar-refractivity contribution in [1.82, 2.24) is 10.2 Å². The Morgan fingerprint density at radius 2 is 1.92 bits per heavy atom. The molecule has 1 aromatic heterocycles. The average Bonchev–Trinajstić information content (AvgIpc) is 3.08. The molecule has 3 N–H and O–H groups in total. The van der Waals surface area contributed by atoms with Crippen molar-refractivity contribution in [2.45, 2.75) is 19.8 Å². The van der Waals surface area contributed by atoms with Crippen molar-refractivity contribution in [3.63, 3.8) is 0 Å². The number of hydrogen-bond donors (Lipinski definition) is 2. The van der Waals surface area contributed by atoms with Crippen LogP contribution >= 0.6 is 0 Å². The Morgan fingerprint density at radius 3 is 2.56 bits per heavy atom. The van der Waals surface area contributed by atoms with Gasteiger partial charge in [0.2, 0.25) is 0 Å². The van der Waals surface area contributed by atoms with E-state index >= 15 is 0 Å². The first-order valence-corrected chi connectivity index (χ1v) is 8.37. The van der Waals surface area contributed by atoms with Crippen molar-refractivity contribution >= 4 is 0 Å². The van der Waals surface area contributed by atoms with Crippen molar-refractivity contribution in [3.8, 4) is 17.0 Å². The van der Waals surface area contributed by atoms with Crippen LogP contribution in [-0.2, 0) is 0 Å². The molecular weight excluding hydrogens is 317 g/mol. The molecule has 130 valence electrons. The van der Waals surface area contributed by atoms with E-state index in [4.69, 9.17) is 10.5 Å². The molecule has 0 radical (unpaired) electrons. The second-order valence-corrected chi connectivity index (χ2v) is 5.96. The van der Waals surface area contributed by atoms with Gasteiger partial charge in [-0.25, -0.2) is 4.39 Å². The summed E-state index contributed by atoms with van der Waals surface area (Å²) in [6, 6.07) is 14.3. The second-order valence-electron chi connectivity index (χ2n) is 5.96. The Hall–Kier alpha value is -2.66. The molecule has 1 heterocycles. The predicted molar refractivity (Wildman–Crippen MR) is 97.2 cm³/mol. The summed E-state index contributed by atoms with van der Waals surface area (Å²) >= 11 is 0. The lowest BCUT2D eigenvalue weighted by atomic mass is 9.91. The molecule has 0 aliphatic carbocycles. The monoisotopic (exact) mass is 339 g/mol. The van der Waals surface area contributed by atoms with Crippen LogP contribution in [0.5, 0.6) is 5.75 Å². The van der Waals surface area contributed by atoms with E-state index in [1.165, 1.54) is 12.1 Å². The second kappa shape index (κ2) is 7.49. The van der Waals surface area contributed by atoms with Crippen LogP contribution in [-0.4, -0.2) is 23.3 Å². The van der Waals surface area contributed by atoms with Gasteiger partial charge in [-0.05, 0) is 67.4 Å². The van der Waals surface area contributed by atoms with Crippen LogP contribution in [0.2, 0.25) is 0 Å². The maximum atomic E-state index is 13.1. The molecule has 0 aliphatic heterocycles. The molecule has 1 atom stereocenters. The number of nitrogens with one attached hydrogen (secondary N) is 1. The highest BCUT2D eigenvalue weighted by molar-refractivity contribution is 5.59. The van der Waals surface area contributed by atoms with Crippen LogP contribution in [0.4, 0.5) is 4.39 Å². The molecule has 0 spiro atoms. The predicted octanol–water partition coefficient (Wildman–Crippen LogP) is 4.01. The minimum Gasteiger partial charge on any atom is -0.494 e. The van der Waals surface area contributed by atoms with Gasteiger partial charge in [0.1, 0.15) is 11.6 Å². The van der Waals surface area contributed by atoms with E-state index in [-0.39, 0.29) is 11.7 Å². The molecule has 0 bridgehead atoms. The fourth-order valence-electron chi connectivity index (χ4n) is 3.00. The van der Waals surface area contributed by atoms with Gasteiger partial charge in [-0.2, -0.15) is 5.10 Å². The first kappa shape index (κ1) is 17.2. The Labute approximate surface area is 146 Å². The zero-order valence-electron chi connectivity index (χ0n) is 14.4. The molecular formula is C20H22FN3O. The Morgan fingerprint density at radius 1 is 1.16 bits per heavy atom. The number of rotatable bonds is 6. The fraction of sp³-hybridized carbons (Fsp3) is 0.250. The zero-order valence-corrected chi connectivity index (χ0v) is 14.4. The van der Waals surface area contributed by atoms with Crippen molar-refractivity contribution < 1.29 is 9.13 Å². The average molecular weight is 339 g/mol. The summed E-state index contributed by atoms with van der Waals surface area (Å²) in [6.07, 6.45) is 0. The van der Waals surface area contributed by atoms with E-state index in [2.05, 4.69) is 23.2 Å². The summed E-state index contributed by atoms with van der Waals surface area (Å²) in [4.78, 5) is 0. The maximum absolute atomic E-state index is 13.1. The van der Waals surface area contributed by atoms with Crippen molar-refractivity contribution in [3.05, 3.63) is 71.2 Å². The number of nitrogens with zero attached hydrogens (tertiary/aromatic N) is 1. The highest BCUT2D eigenvalue weighted by atomic mass is 19.1. The van der Waals surface area contributed by atoms with E-state index in [1.54, 1.807) is 12.1 Å². The van der Waals surface area contributed by atoms with Crippen molar-refractivity contribution in [2.75, 3.05) is 13.2 Å². The molecule has 0 aliphatic rings. The number of nitrogens with two attached hydrogens (primary N) is 1. The number of hydrogen-bond acceptors (Lipinski definition) is 3. The van der Waals surface area contributed by atoms with Gasteiger partial charge in [-0.1, -0.05) is 6.07 Å². The van der Waals surface area contributed by atoms with Gasteiger partial charge < -0.3 is 10.5 Å². The molecule has 0 fully saturated rings. The molecule has 3 aromatic rings. The lowest BCUT2D eigenvalue weighted by Gasteiger charge is -2.17. The van der Waals surface area contributed by atoms with E-state index in [9.17, 15) is 4.39 Å². The van der Waals surface area contributed by atoms with Gasteiger partial charge in [0.25, 0.3) is 0 Å². The number of halogens is 1. The number of aromatic amines is 1. The smallest absolute Gasteiger partial charge is 0.123 e. The first-order valence-electron chi connectivity index (χ1n) is 8.37. The lowest BCUT2D eigenvalue weighted by molar-refractivity contribution is 0.340. The van der Waals surface area contributed by atoms with Crippen LogP contribution in [0.15, 0.2) is 48.5 Å². The third-order valence-corrected chi connectivity index (χ3v) is 4.28. The van der Waals surface area contributed by atoms with Crippen molar-refractivity contribution in [1.29, 1.82) is 0 Å². The molecule has 25 heavy (non-hydrogen) atoms. The van der Waals surface area contributed by atoms with E-state index < -0.39 is 0 Å². The highest BCUT2D eigenvalue weighted by Crippen LogP contribution is 2.30. The molecule has 0 amide bonds. The summed E-state index contributed by atoms with van der Waals surface area (Å²) in [5.74, 6) is 0.609. The Balaban J connectivity index is 1.90. The van der Waals surface area contributed by atoms with Gasteiger partial charge in [0.15, 0.2) is 0 Å². The Kier molecular flexibility index (Phi) is 5.14. The van der Waals surface area contributed by atoms with Gasteiger partial charge in [-0.15, -0.1) is 0 Å². The zero-order chi connectivity index (χ0) is 17.8. The summed E-state index contributed by atoms with van der Waals surface area (Å²) in [5, 5.41) is 7.44. The third kappa shape index (κ3) is 3.72. The van der Waals surface area contributed by atoms with E-state index in [1.807, 2.05) is 25.1 Å². The van der Waals surface area contributed by atoms with E-state index in [0.29, 0.717) is 13.2 Å². The van der Waals surface area contributed by atoms with Crippen LogP contribution in [0.25, 0.3) is 11.3 Å². The van der Waals surface area contributed by atoms with Crippen LogP contribution < -0.4 is 10.5 Å². The summed E-state index contributed by atoms with van der Waals surface area (Å²) in [5.41, 5.74) is 10.9. The van der Waals surface area contributed by atoms with Crippen LogP contribution in [0, 0.1) is 12.7 Å². The van der Waals surface area contributed by atoms with Crippen LogP contribution in [0.3, 0.4) is 0 Å². The number of aryl methyl sites for hydroxylation is 1. The van der Waals surface area contributed by atoms with Gasteiger partial charge in [0, 0.05) is 23.7 Å². The Bertz CT molecular complexity index is 842. The molecule has 1 unspecified atom stereocenters. The topological polar surface area (TPSA) is 63.9 Å². The standard InChI is InChI=1S/C20H22FN3O/c1-3-25-16-8-9-17(13(2)10-16)18(12-22)20-11-19(23-24-20)14-4-6-15(21)7-5-14/h4-11,18H,3,12,22H2,1-2H3,(H,23,24). The molecule has 0 saturated carbocycles. The summed E-state index contributed by atoms with van der Waals surface area (Å²) < 4.78 is 18.6. The molecule has 3 rings (SSSR count). The molecule has 0 saturated heterocycles. The quantitative estimate of drug-likeness (QED) is 0.713. The minimum atomic E-state index is -0.260. The summed E-state index contributed by atoms with van der Waals surface area (Å²) in [6.45, 7) is 5.12. The maximum Gasteiger partial charge on any atom is 0.123 e. The SMILES string of the molecule is CCOc1ccc(C(CN)c2cc(-c3ccc(F)cc3)n[nH]2)c(C)c1. The molecule has 4 nitrogen and oxygen atoms in total.